The summed E-state index contributed by atoms with van der Waals surface area (Å²) in [5, 5.41) is 11.3. The van der Waals surface area contributed by atoms with Crippen molar-refractivity contribution in [2.75, 3.05) is 0 Å². The number of tetrazole rings is 1. The summed E-state index contributed by atoms with van der Waals surface area (Å²) in [6.45, 7) is 1.62. The largest absolute Gasteiger partial charge is 0.294 e. The molecule has 0 N–H and O–H groups in total. The van der Waals surface area contributed by atoms with Crippen molar-refractivity contribution in [3.8, 4) is 0 Å². The number of Topliss-reactive ketones (excluding diaryl/α,β-unsaturated/α-hetero) is 1. The van der Waals surface area contributed by atoms with Gasteiger partial charge in [0.1, 0.15) is 5.82 Å². The van der Waals surface area contributed by atoms with E-state index >= 15 is 0 Å². The summed E-state index contributed by atoms with van der Waals surface area (Å²) in [4.78, 5) is 13.1. The minimum Gasteiger partial charge on any atom is -0.294 e. The lowest BCUT2D eigenvalue weighted by Crippen LogP contribution is -2.06. The van der Waals surface area contributed by atoms with Gasteiger partial charge in [0.05, 0.1) is 13.5 Å². The van der Waals surface area contributed by atoms with Crippen LogP contribution in [-0.2, 0) is 13.5 Å². The minimum atomic E-state index is -0.320. The maximum Gasteiger partial charge on any atom is 0.182 e. The van der Waals surface area contributed by atoms with Gasteiger partial charge in [0.15, 0.2) is 11.6 Å². The summed E-state index contributed by atoms with van der Waals surface area (Å²) in [6, 6.07) is 4.27. The Labute approximate surface area is 97.3 Å². The van der Waals surface area contributed by atoms with E-state index in [1.165, 1.54) is 23.0 Å². The van der Waals surface area contributed by atoms with Gasteiger partial charge in [-0.2, -0.15) is 4.80 Å². The van der Waals surface area contributed by atoms with Crippen LogP contribution in [0.3, 0.4) is 0 Å². The van der Waals surface area contributed by atoms with Crippen molar-refractivity contribution in [1.82, 2.24) is 20.2 Å². The van der Waals surface area contributed by atoms with Gasteiger partial charge in [0.25, 0.3) is 0 Å². The summed E-state index contributed by atoms with van der Waals surface area (Å²) in [7, 11) is 1.63. The first-order valence-electron chi connectivity index (χ1n) is 5.08. The van der Waals surface area contributed by atoms with Crippen molar-refractivity contribution in [2.45, 2.75) is 13.3 Å². The maximum atomic E-state index is 13.0. The van der Waals surface area contributed by atoms with Crippen LogP contribution < -0.4 is 0 Å². The summed E-state index contributed by atoms with van der Waals surface area (Å²) in [5.74, 6) is -0.111. The van der Waals surface area contributed by atoms with Crippen LogP contribution in [0.5, 0.6) is 0 Å². The normalized spacial score (nSPS) is 10.5. The molecule has 1 heterocycles. The van der Waals surface area contributed by atoms with Crippen LogP contribution in [0.25, 0.3) is 0 Å². The fourth-order valence-electron chi connectivity index (χ4n) is 1.46. The van der Waals surface area contributed by atoms with Gasteiger partial charge in [-0.3, -0.25) is 4.79 Å². The van der Waals surface area contributed by atoms with E-state index in [1.54, 1.807) is 14.0 Å². The zero-order valence-electron chi connectivity index (χ0n) is 9.51. The molecule has 88 valence electrons. The quantitative estimate of drug-likeness (QED) is 0.746. The molecule has 0 fully saturated rings. The van der Waals surface area contributed by atoms with E-state index < -0.39 is 0 Å². The molecule has 2 rings (SSSR count). The van der Waals surface area contributed by atoms with E-state index in [-0.39, 0.29) is 18.0 Å². The van der Waals surface area contributed by atoms with Crippen molar-refractivity contribution in [3.05, 3.63) is 41.0 Å². The van der Waals surface area contributed by atoms with E-state index in [0.29, 0.717) is 17.0 Å². The minimum absolute atomic E-state index is 0.0684. The first kappa shape index (κ1) is 11.4. The Hall–Kier alpha value is -2.11. The zero-order chi connectivity index (χ0) is 12.4. The van der Waals surface area contributed by atoms with Gasteiger partial charge in [-0.25, -0.2) is 4.39 Å². The van der Waals surface area contributed by atoms with Gasteiger partial charge in [-0.1, -0.05) is 0 Å². The van der Waals surface area contributed by atoms with Crippen LogP contribution in [0.4, 0.5) is 4.39 Å². The summed E-state index contributed by atoms with van der Waals surface area (Å²) >= 11 is 0. The molecule has 0 spiro atoms. The standard InChI is InChI=1S/C11H11FN4O/c1-7-5-8(3-4-9(7)12)10(17)6-11-13-15-16(2)14-11/h3-5H,6H2,1-2H3. The van der Waals surface area contributed by atoms with Gasteiger partial charge in [-0.15, -0.1) is 10.2 Å². The van der Waals surface area contributed by atoms with Crippen LogP contribution in [0.1, 0.15) is 21.7 Å². The van der Waals surface area contributed by atoms with E-state index in [2.05, 4.69) is 15.4 Å². The van der Waals surface area contributed by atoms with Crippen LogP contribution in [-0.4, -0.2) is 26.0 Å². The molecule has 0 atom stereocenters. The first-order valence-corrected chi connectivity index (χ1v) is 5.08. The Kier molecular flexibility index (Phi) is 2.95. The van der Waals surface area contributed by atoms with E-state index in [4.69, 9.17) is 0 Å². The Morgan fingerprint density at radius 3 is 2.82 bits per heavy atom. The van der Waals surface area contributed by atoms with E-state index in [0.717, 1.165) is 0 Å². The fraction of sp³-hybridized carbons (Fsp3) is 0.273. The lowest BCUT2D eigenvalue weighted by molar-refractivity contribution is 0.0990. The number of aromatic nitrogens is 4. The monoisotopic (exact) mass is 234 g/mol. The molecule has 0 aliphatic rings. The average molecular weight is 234 g/mol. The molecule has 1 aromatic carbocycles. The smallest absolute Gasteiger partial charge is 0.182 e. The maximum absolute atomic E-state index is 13.0. The van der Waals surface area contributed by atoms with Crippen molar-refractivity contribution in [1.29, 1.82) is 0 Å². The lowest BCUT2D eigenvalue weighted by Gasteiger charge is -2.00. The lowest BCUT2D eigenvalue weighted by atomic mass is 10.1. The third-order valence-electron chi connectivity index (χ3n) is 2.35. The highest BCUT2D eigenvalue weighted by Crippen LogP contribution is 2.11. The molecular formula is C11H11FN4O. The molecule has 17 heavy (non-hydrogen) atoms. The van der Waals surface area contributed by atoms with Crippen molar-refractivity contribution in [3.63, 3.8) is 0 Å². The van der Waals surface area contributed by atoms with Gasteiger partial charge in [0.2, 0.25) is 0 Å². The Morgan fingerprint density at radius 1 is 1.47 bits per heavy atom. The summed E-state index contributed by atoms with van der Waals surface area (Å²) < 4.78 is 13.0. The molecule has 6 heteroatoms. The Balaban J connectivity index is 2.17. The number of hydrogen-bond acceptors (Lipinski definition) is 4. The number of nitrogens with zero attached hydrogens (tertiary/aromatic N) is 4. The predicted molar refractivity (Wildman–Crippen MR) is 58.0 cm³/mol. The number of hydrogen-bond donors (Lipinski definition) is 0. The van der Waals surface area contributed by atoms with Gasteiger partial charge in [0, 0.05) is 5.56 Å². The molecule has 0 aliphatic carbocycles. The second-order valence-corrected chi connectivity index (χ2v) is 3.76. The molecule has 5 nitrogen and oxygen atoms in total. The highest BCUT2D eigenvalue weighted by atomic mass is 19.1. The van der Waals surface area contributed by atoms with Crippen molar-refractivity contribution >= 4 is 5.78 Å². The third kappa shape index (κ3) is 2.52. The second-order valence-electron chi connectivity index (χ2n) is 3.76. The highest BCUT2D eigenvalue weighted by Gasteiger charge is 2.11. The van der Waals surface area contributed by atoms with Crippen LogP contribution in [0.15, 0.2) is 18.2 Å². The van der Waals surface area contributed by atoms with Crippen molar-refractivity contribution in [2.24, 2.45) is 7.05 Å². The molecule has 0 saturated carbocycles. The predicted octanol–water partition coefficient (Wildman–Crippen LogP) is 1.08. The van der Waals surface area contributed by atoms with Gasteiger partial charge >= 0.3 is 0 Å². The summed E-state index contributed by atoms with van der Waals surface area (Å²) in [6.07, 6.45) is 0.0684. The molecule has 1 aromatic heterocycles. The topological polar surface area (TPSA) is 60.7 Å². The number of rotatable bonds is 3. The van der Waals surface area contributed by atoms with Crippen LogP contribution in [0.2, 0.25) is 0 Å². The number of halogens is 1. The molecule has 0 bridgehead atoms. The van der Waals surface area contributed by atoms with E-state index in [1.807, 2.05) is 0 Å². The molecule has 2 aromatic rings. The zero-order valence-corrected chi connectivity index (χ0v) is 9.51. The molecule has 0 radical (unpaired) electrons. The van der Waals surface area contributed by atoms with E-state index in [9.17, 15) is 9.18 Å². The molecular weight excluding hydrogens is 223 g/mol. The van der Waals surface area contributed by atoms with Crippen LogP contribution >= 0.6 is 0 Å². The number of aryl methyl sites for hydroxylation is 2. The average Bonchev–Trinajstić information content (AvgIpc) is 2.68. The molecule has 0 amide bonds. The number of ketones is 1. The SMILES string of the molecule is Cc1cc(C(=O)Cc2nnn(C)n2)ccc1F. The third-order valence-corrected chi connectivity index (χ3v) is 2.35. The van der Waals surface area contributed by atoms with Gasteiger partial charge in [-0.05, 0) is 35.9 Å². The second kappa shape index (κ2) is 4.40. The molecule has 0 unspecified atom stereocenters. The Bertz CT molecular complexity index is 564. The fourth-order valence-corrected chi connectivity index (χ4v) is 1.46. The first-order chi connectivity index (χ1) is 8.06. The van der Waals surface area contributed by atoms with Crippen molar-refractivity contribution < 1.29 is 9.18 Å². The van der Waals surface area contributed by atoms with Gasteiger partial charge < -0.3 is 0 Å². The highest BCUT2D eigenvalue weighted by molar-refractivity contribution is 5.97. The number of benzene rings is 1. The number of carbonyl (C=O) groups excluding carboxylic acids is 1. The molecule has 0 saturated heterocycles. The number of carbonyl (C=O) groups is 1. The Morgan fingerprint density at radius 2 is 2.24 bits per heavy atom. The molecule has 0 aliphatic heterocycles. The van der Waals surface area contributed by atoms with Crippen LogP contribution in [0, 0.1) is 12.7 Å². The summed E-state index contributed by atoms with van der Waals surface area (Å²) in [5.41, 5.74) is 0.902.